The van der Waals surface area contributed by atoms with Gasteiger partial charge in [0.15, 0.2) is 0 Å². The summed E-state index contributed by atoms with van der Waals surface area (Å²) in [6.07, 6.45) is 0. The van der Waals surface area contributed by atoms with Gasteiger partial charge in [0.05, 0.1) is 0 Å². The average molecular weight is 296 g/mol. The minimum Gasteiger partial charge on any atom is -0.508 e. The lowest BCUT2D eigenvalue weighted by molar-refractivity contribution is 0.460. The SMILES string of the molecule is C[C@@H](NCc1cc(Cl)ccc1O)c1cccc(Cl)c1. The second-order valence-electron chi connectivity index (χ2n) is 4.43. The Balaban J connectivity index is 2.04. The Morgan fingerprint density at radius 1 is 1.11 bits per heavy atom. The van der Waals surface area contributed by atoms with E-state index in [1.54, 1.807) is 18.2 Å². The van der Waals surface area contributed by atoms with Crippen LogP contribution in [-0.2, 0) is 6.54 Å². The molecule has 2 aromatic rings. The van der Waals surface area contributed by atoms with Crippen molar-refractivity contribution < 1.29 is 5.11 Å². The summed E-state index contributed by atoms with van der Waals surface area (Å²) in [4.78, 5) is 0. The van der Waals surface area contributed by atoms with Gasteiger partial charge >= 0.3 is 0 Å². The van der Waals surface area contributed by atoms with Gasteiger partial charge in [0, 0.05) is 28.2 Å². The van der Waals surface area contributed by atoms with E-state index in [0.29, 0.717) is 11.6 Å². The Kier molecular flexibility index (Phi) is 4.70. The van der Waals surface area contributed by atoms with Crippen LogP contribution in [0.1, 0.15) is 24.1 Å². The number of hydrogen-bond acceptors (Lipinski definition) is 2. The van der Waals surface area contributed by atoms with E-state index >= 15 is 0 Å². The molecule has 4 heteroatoms. The molecule has 0 bridgehead atoms. The van der Waals surface area contributed by atoms with Crippen LogP contribution in [0.2, 0.25) is 10.0 Å². The van der Waals surface area contributed by atoms with Crippen LogP contribution in [0.4, 0.5) is 0 Å². The lowest BCUT2D eigenvalue weighted by Gasteiger charge is -2.15. The molecule has 0 amide bonds. The number of phenolic OH excluding ortho intramolecular Hbond substituents is 1. The van der Waals surface area contributed by atoms with E-state index in [2.05, 4.69) is 5.32 Å². The topological polar surface area (TPSA) is 32.3 Å². The van der Waals surface area contributed by atoms with Crippen molar-refractivity contribution in [2.24, 2.45) is 0 Å². The van der Waals surface area contributed by atoms with Gasteiger partial charge in [-0.3, -0.25) is 0 Å². The van der Waals surface area contributed by atoms with Crippen LogP contribution in [0.25, 0.3) is 0 Å². The highest BCUT2D eigenvalue weighted by atomic mass is 35.5. The first kappa shape index (κ1) is 14.2. The van der Waals surface area contributed by atoms with Crippen LogP contribution in [-0.4, -0.2) is 5.11 Å². The quantitative estimate of drug-likeness (QED) is 0.867. The molecule has 0 saturated heterocycles. The number of rotatable bonds is 4. The van der Waals surface area contributed by atoms with Crippen molar-refractivity contribution in [3.05, 3.63) is 63.6 Å². The molecule has 0 spiro atoms. The molecule has 2 nitrogen and oxygen atoms in total. The predicted octanol–water partition coefficient (Wildman–Crippen LogP) is 4.55. The minimum absolute atomic E-state index is 0.136. The number of nitrogens with one attached hydrogen (secondary N) is 1. The highest BCUT2D eigenvalue weighted by molar-refractivity contribution is 6.30. The first-order valence-corrected chi connectivity index (χ1v) is 6.78. The first-order chi connectivity index (χ1) is 9.06. The van der Waals surface area contributed by atoms with Gasteiger partial charge in [-0.1, -0.05) is 35.3 Å². The molecule has 2 rings (SSSR count). The summed E-state index contributed by atoms with van der Waals surface area (Å²) in [7, 11) is 0. The summed E-state index contributed by atoms with van der Waals surface area (Å²) in [6, 6.07) is 12.9. The summed E-state index contributed by atoms with van der Waals surface area (Å²) < 4.78 is 0. The molecule has 100 valence electrons. The second-order valence-corrected chi connectivity index (χ2v) is 5.30. The van der Waals surface area contributed by atoms with Gasteiger partial charge < -0.3 is 10.4 Å². The standard InChI is InChI=1S/C15H15Cl2NO/c1-10(11-3-2-4-13(16)7-11)18-9-12-8-14(17)5-6-15(12)19/h2-8,10,18-19H,9H2,1H3/t10-/m1/s1. The monoisotopic (exact) mass is 295 g/mol. The van der Waals surface area contributed by atoms with E-state index in [9.17, 15) is 5.11 Å². The summed E-state index contributed by atoms with van der Waals surface area (Å²) in [5.74, 6) is 0.246. The van der Waals surface area contributed by atoms with E-state index in [1.165, 1.54) is 0 Å². The third kappa shape index (κ3) is 3.87. The van der Waals surface area contributed by atoms with Gasteiger partial charge in [-0.15, -0.1) is 0 Å². The Labute approximate surface area is 123 Å². The van der Waals surface area contributed by atoms with Crippen LogP contribution in [0.5, 0.6) is 5.75 Å². The Bertz CT molecular complexity index is 572. The van der Waals surface area contributed by atoms with Gasteiger partial charge in [-0.25, -0.2) is 0 Å². The number of halogens is 2. The van der Waals surface area contributed by atoms with Gasteiger partial charge in [0.2, 0.25) is 0 Å². The Morgan fingerprint density at radius 3 is 2.58 bits per heavy atom. The average Bonchev–Trinajstić information content (AvgIpc) is 2.39. The molecule has 0 fully saturated rings. The number of aromatic hydroxyl groups is 1. The summed E-state index contributed by atoms with van der Waals surface area (Å²) >= 11 is 11.9. The highest BCUT2D eigenvalue weighted by Gasteiger charge is 2.07. The fraction of sp³-hybridized carbons (Fsp3) is 0.200. The number of benzene rings is 2. The van der Waals surface area contributed by atoms with E-state index in [1.807, 2.05) is 31.2 Å². The van der Waals surface area contributed by atoms with Crippen molar-refractivity contribution >= 4 is 23.2 Å². The van der Waals surface area contributed by atoms with Crippen molar-refractivity contribution in [3.63, 3.8) is 0 Å². The molecular weight excluding hydrogens is 281 g/mol. The van der Waals surface area contributed by atoms with Gasteiger partial charge in [-0.05, 0) is 42.8 Å². The molecule has 0 aliphatic carbocycles. The molecular formula is C15H15Cl2NO. The van der Waals surface area contributed by atoms with Crippen molar-refractivity contribution in [3.8, 4) is 5.75 Å². The molecule has 19 heavy (non-hydrogen) atoms. The molecule has 0 aromatic heterocycles. The maximum atomic E-state index is 9.74. The van der Waals surface area contributed by atoms with Crippen LogP contribution in [0, 0.1) is 0 Å². The van der Waals surface area contributed by atoms with Crippen molar-refractivity contribution in [1.82, 2.24) is 5.32 Å². The first-order valence-electron chi connectivity index (χ1n) is 6.02. The number of phenols is 1. The number of hydrogen-bond donors (Lipinski definition) is 2. The molecule has 0 saturated carbocycles. The Hall–Kier alpha value is -1.22. The summed E-state index contributed by atoms with van der Waals surface area (Å²) in [5.41, 5.74) is 1.88. The molecule has 0 radical (unpaired) electrons. The van der Waals surface area contributed by atoms with Crippen molar-refractivity contribution in [1.29, 1.82) is 0 Å². The largest absolute Gasteiger partial charge is 0.508 e. The van der Waals surface area contributed by atoms with Crippen LogP contribution in [0.15, 0.2) is 42.5 Å². The molecule has 0 unspecified atom stereocenters. The maximum absolute atomic E-state index is 9.74. The van der Waals surface area contributed by atoms with E-state index < -0.39 is 0 Å². The highest BCUT2D eigenvalue weighted by Crippen LogP contribution is 2.23. The lowest BCUT2D eigenvalue weighted by Crippen LogP contribution is -2.18. The smallest absolute Gasteiger partial charge is 0.120 e. The molecule has 2 N–H and O–H groups in total. The maximum Gasteiger partial charge on any atom is 0.120 e. The zero-order valence-corrected chi connectivity index (χ0v) is 12.0. The van der Waals surface area contributed by atoms with Crippen LogP contribution in [0.3, 0.4) is 0 Å². The third-order valence-electron chi connectivity index (χ3n) is 2.99. The lowest BCUT2D eigenvalue weighted by atomic mass is 10.1. The second kappa shape index (κ2) is 6.29. The molecule has 0 aliphatic rings. The summed E-state index contributed by atoms with van der Waals surface area (Å²) in [6.45, 7) is 2.59. The van der Waals surface area contributed by atoms with Gasteiger partial charge in [-0.2, -0.15) is 0 Å². The van der Waals surface area contributed by atoms with Crippen molar-refractivity contribution in [2.75, 3.05) is 0 Å². The van der Waals surface area contributed by atoms with Crippen molar-refractivity contribution in [2.45, 2.75) is 19.5 Å². The Morgan fingerprint density at radius 2 is 1.84 bits per heavy atom. The van der Waals surface area contributed by atoms with E-state index in [0.717, 1.165) is 16.1 Å². The van der Waals surface area contributed by atoms with Gasteiger partial charge in [0.25, 0.3) is 0 Å². The van der Waals surface area contributed by atoms with E-state index in [-0.39, 0.29) is 11.8 Å². The zero-order valence-electron chi connectivity index (χ0n) is 10.5. The van der Waals surface area contributed by atoms with E-state index in [4.69, 9.17) is 23.2 Å². The zero-order chi connectivity index (χ0) is 13.8. The van der Waals surface area contributed by atoms with Crippen LogP contribution < -0.4 is 5.32 Å². The summed E-state index contributed by atoms with van der Waals surface area (Å²) in [5, 5.41) is 14.4. The van der Waals surface area contributed by atoms with Crippen LogP contribution >= 0.6 is 23.2 Å². The third-order valence-corrected chi connectivity index (χ3v) is 3.46. The fourth-order valence-corrected chi connectivity index (χ4v) is 2.25. The van der Waals surface area contributed by atoms with Gasteiger partial charge in [0.1, 0.15) is 5.75 Å². The normalized spacial score (nSPS) is 12.4. The minimum atomic E-state index is 0.136. The molecule has 2 aromatic carbocycles. The molecule has 0 aliphatic heterocycles. The fourth-order valence-electron chi connectivity index (χ4n) is 1.85. The molecule has 0 heterocycles. The predicted molar refractivity (Wildman–Crippen MR) is 79.8 cm³/mol. The molecule has 1 atom stereocenters.